The maximum absolute atomic E-state index is 4.54. The summed E-state index contributed by atoms with van der Waals surface area (Å²) in [6, 6.07) is 8.96. The summed E-state index contributed by atoms with van der Waals surface area (Å²) < 4.78 is 1.91. The molecule has 0 atom stereocenters. The van der Waals surface area contributed by atoms with Crippen LogP contribution in [0.1, 0.15) is 11.1 Å². The quantitative estimate of drug-likeness (QED) is 0.769. The van der Waals surface area contributed by atoms with Crippen molar-refractivity contribution in [2.75, 3.05) is 5.32 Å². The van der Waals surface area contributed by atoms with Crippen molar-refractivity contribution in [3.63, 3.8) is 0 Å². The number of aromatic nitrogens is 4. The van der Waals surface area contributed by atoms with E-state index in [-0.39, 0.29) is 0 Å². The van der Waals surface area contributed by atoms with E-state index in [1.807, 2.05) is 11.6 Å². The standard InChI is InChI=1S/C15H15N5/c1-20-9-17-13-8-16-15(19-14(13)20)18-12-6-10-4-2-3-5-11(10)7-12/h2-5,8-9,12H,6-7H2,1H3,(H,16,18,19). The maximum Gasteiger partial charge on any atom is 0.225 e. The third-order valence-corrected chi connectivity index (χ3v) is 3.84. The molecule has 2 aromatic heterocycles. The first-order valence-corrected chi connectivity index (χ1v) is 6.77. The lowest BCUT2D eigenvalue weighted by Crippen LogP contribution is -2.21. The van der Waals surface area contributed by atoms with Gasteiger partial charge in [-0.3, -0.25) is 0 Å². The van der Waals surface area contributed by atoms with E-state index in [1.165, 1.54) is 11.1 Å². The number of imidazole rings is 1. The van der Waals surface area contributed by atoms with Crippen molar-refractivity contribution in [3.8, 4) is 0 Å². The van der Waals surface area contributed by atoms with Crippen LogP contribution in [0.25, 0.3) is 11.2 Å². The molecule has 3 aromatic rings. The monoisotopic (exact) mass is 265 g/mol. The highest BCUT2D eigenvalue weighted by atomic mass is 15.2. The second-order valence-electron chi connectivity index (χ2n) is 5.28. The number of nitrogens with one attached hydrogen (secondary N) is 1. The molecule has 0 saturated heterocycles. The fraction of sp³-hybridized carbons (Fsp3) is 0.267. The van der Waals surface area contributed by atoms with Crippen molar-refractivity contribution >= 4 is 17.1 Å². The molecule has 5 nitrogen and oxygen atoms in total. The summed E-state index contributed by atoms with van der Waals surface area (Å²) >= 11 is 0. The van der Waals surface area contributed by atoms with Crippen molar-refractivity contribution in [1.29, 1.82) is 0 Å². The number of nitrogens with zero attached hydrogens (tertiary/aromatic N) is 4. The van der Waals surface area contributed by atoms with Gasteiger partial charge in [-0.05, 0) is 24.0 Å². The topological polar surface area (TPSA) is 55.6 Å². The Kier molecular flexibility index (Phi) is 2.45. The molecule has 2 heterocycles. The van der Waals surface area contributed by atoms with Gasteiger partial charge in [-0.2, -0.15) is 4.98 Å². The van der Waals surface area contributed by atoms with E-state index in [2.05, 4.69) is 44.5 Å². The van der Waals surface area contributed by atoms with Gasteiger partial charge in [0.1, 0.15) is 5.52 Å². The summed E-state index contributed by atoms with van der Waals surface area (Å²) in [5, 5.41) is 3.43. The largest absolute Gasteiger partial charge is 0.351 e. The lowest BCUT2D eigenvalue weighted by atomic mass is 10.1. The van der Waals surface area contributed by atoms with Crippen LogP contribution in [-0.2, 0) is 19.9 Å². The lowest BCUT2D eigenvalue weighted by molar-refractivity contribution is 0.762. The van der Waals surface area contributed by atoms with Crippen LogP contribution in [0.5, 0.6) is 0 Å². The summed E-state index contributed by atoms with van der Waals surface area (Å²) in [6.45, 7) is 0. The molecular formula is C15H15N5. The SMILES string of the molecule is Cn1cnc2cnc(NC3Cc4ccccc4C3)nc21. The first kappa shape index (κ1) is 11.4. The molecule has 20 heavy (non-hydrogen) atoms. The minimum absolute atomic E-state index is 0.373. The Morgan fingerprint density at radius 2 is 1.90 bits per heavy atom. The van der Waals surface area contributed by atoms with E-state index in [1.54, 1.807) is 12.5 Å². The van der Waals surface area contributed by atoms with Gasteiger partial charge >= 0.3 is 0 Å². The van der Waals surface area contributed by atoms with Gasteiger partial charge in [0.25, 0.3) is 0 Å². The van der Waals surface area contributed by atoms with Gasteiger partial charge in [0.2, 0.25) is 5.95 Å². The zero-order chi connectivity index (χ0) is 13.5. The van der Waals surface area contributed by atoms with Gasteiger partial charge in [-0.25, -0.2) is 9.97 Å². The smallest absolute Gasteiger partial charge is 0.225 e. The highest BCUT2D eigenvalue weighted by Crippen LogP contribution is 2.23. The Bertz CT molecular complexity index is 752. The Hall–Kier alpha value is -2.43. The fourth-order valence-corrected chi connectivity index (χ4v) is 2.83. The van der Waals surface area contributed by atoms with Crippen LogP contribution in [0.4, 0.5) is 5.95 Å². The normalized spacial score (nSPS) is 14.7. The zero-order valence-corrected chi connectivity index (χ0v) is 11.2. The molecule has 0 radical (unpaired) electrons. The first-order valence-electron chi connectivity index (χ1n) is 6.77. The Balaban J connectivity index is 1.58. The molecule has 0 fully saturated rings. The first-order chi connectivity index (χ1) is 9.79. The minimum atomic E-state index is 0.373. The number of fused-ring (bicyclic) bond motifs is 2. The van der Waals surface area contributed by atoms with Crippen molar-refractivity contribution in [3.05, 3.63) is 47.9 Å². The Labute approximate surface area is 116 Å². The van der Waals surface area contributed by atoms with Crippen LogP contribution < -0.4 is 5.32 Å². The third-order valence-electron chi connectivity index (χ3n) is 3.84. The van der Waals surface area contributed by atoms with Crippen LogP contribution >= 0.6 is 0 Å². The number of hydrogen-bond donors (Lipinski definition) is 1. The molecule has 0 saturated carbocycles. The number of anilines is 1. The zero-order valence-electron chi connectivity index (χ0n) is 11.2. The molecule has 1 N–H and O–H groups in total. The molecule has 5 heteroatoms. The molecule has 0 aliphatic heterocycles. The van der Waals surface area contributed by atoms with Crippen LogP contribution in [0.3, 0.4) is 0 Å². The fourth-order valence-electron chi connectivity index (χ4n) is 2.83. The summed E-state index contributed by atoms with van der Waals surface area (Å²) in [7, 11) is 1.94. The summed E-state index contributed by atoms with van der Waals surface area (Å²) in [6.07, 6.45) is 5.59. The van der Waals surface area contributed by atoms with Crippen LogP contribution in [0, 0.1) is 0 Å². The molecule has 1 aliphatic rings. The van der Waals surface area contributed by atoms with Crippen molar-refractivity contribution in [2.24, 2.45) is 7.05 Å². The molecule has 0 bridgehead atoms. The van der Waals surface area contributed by atoms with Crippen molar-refractivity contribution in [1.82, 2.24) is 19.5 Å². The number of aryl methyl sites for hydroxylation is 1. The molecule has 100 valence electrons. The van der Waals surface area contributed by atoms with Crippen molar-refractivity contribution < 1.29 is 0 Å². The molecule has 4 rings (SSSR count). The van der Waals surface area contributed by atoms with Crippen LogP contribution in [-0.4, -0.2) is 25.6 Å². The Morgan fingerprint density at radius 1 is 1.15 bits per heavy atom. The molecule has 1 aliphatic carbocycles. The van der Waals surface area contributed by atoms with Gasteiger partial charge < -0.3 is 9.88 Å². The average molecular weight is 265 g/mol. The van der Waals surface area contributed by atoms with E-state index < -0.39 is 0 Å². The molecule has 0 amide bonds. The van der Waals surface area contributed by atoms with Crippen LogP contribution in [0.15, 0.2) is 36.8 Å². The van der Waals surface area contributed by atoms with E-state index in [9.17, 15) is 0 Å². The van der Waals surface area contributed by atoms with E-state index in [0.29, 0.717) is 12.0 Å². The molecular weight excluding hydrogens is 250 g/mol. The predicted molar refractivity (Wildman–Crippen MR) is 77.6 cm³/mol. The van der Waals surface area contributed by atoms with Gasteiger partial charge in [-0.1, -0.05) is 24.3 Å². The predicted octanol–water partition coefficient (Wildman–Crippen LogP) is 1.94. The molecule has 0 spiro atoms. The highest BCUT2D eigenvalue weighted by molar-refractivity contribution is 5.70. The second kappa shape index (κ2) is 4.30. The molecule has 1 aromatic carbocycles. The Morgan fingerprint density at radius 3 is 2.65 bits per heavy atom. The third kappa shape index (κ3) is 1.82. The summed E-state index contributed by atoms with van der Waals surface area (Å²) in [5.41, 5.74) is 4.53. The lowest BCUT2D eigenvalue weighted by Gasteiger charge is -2.11. The van der Waals surface area contributed by atoms with Gasteiger partial charge in [0.15, 0.2) is 5.65 Å². The second-order valence-corrected chi connectivity index (χ2v) is 5.28. The van der Waals surface area contributed by atoms with Gasteiger partial charge in [0.05, 0.1) is 12.5 Å². The summed E-state index contributed by atoms with van der Waals surface area (Å²) in [4.78, 5) is 13.1. The highest BCUT2D eigenvalue weighted by Gasteiger charge is 2.21. The van der Waals surface area contributed by atoms with E-state index in [0.717, 1.165) is 24.0 Å². The van der Waals surface area contributed by atoms with Gasteiger partial charge in [0, 0.05) is 13.1 Å². The van der Waals surface area contributed by atoms with Crippen LogP contribution in [0.2, 0.25) is 0 Å². The number of benzene rings is 1. The summed E-state index contributed by atoms with van der Waals surface area (Å²) in [5.74, 6) is 0.680. The van der Waals surface area contributed by atoms with Crippen molar-refractivity contribution in [2.45, 2.75) is 18.9 Å². The molecule has 0 unspecified atom stereocenters. The van der Waals surface area contributed by atoms with E-state index in [4.69, 9.17) is 0 Å². The van der Waals surface area contributed by atoms with E-state index >= 15 is 0 Å². The minimum Gasteiger partial charge on any atom is -0.351 e. The van der Waals surface area contributed by atoms with Gasteiger partial charge in [-0.15, -0.1) is 0 Å². The maximum atomic E-state index is 4.54. The number of hydrogen-bond acceptors (Lipinski definition) is 4. The number of rotatable bonds is 2. The average Bonchev–Trinajstić information content (AvgIpc) is 3.02.